The van der Waals surface area contributed by atoms with Crippen LogP contribution >= 0.6 is 11.6 Å². The van der Waals surface area contributed by atoms with Gasteiger partial charge in [0.25, 0.3) is 5.91 Å². The lowest BCUT2D eigenvalue weighted by molar-refractivity contribution is 0.0780. The van der Waals surface area contributed by atoms with Gasteiger partial charge in [-0.1, -0.05) is 23.7 Å². The Balaban J connectivity index is 2.16. The van der Waals surface area contributed by atoms with E-state index in [1.807, 2.05) is 0 Å². The van der Waals surface area contributed by atoms with Crippen LogP contribution in [0.3, 0.4) is 0 Å². The fraction of sp³-hybridized carbons (Fsp3) is 0.133. The number of amides is 1. The summed E-state index contributed by atoms with van der Waals surface area (Å²) in [7, 11) is 1.53. The Morgan fingerprint density at radius 2 is 1.80 bits per heavy atom. The van der Waals surface area contributed by atoms with E-state index in [2.05, 4.69) is 0 Å². The van der Waals surface area contributed by atoms with Crippen molar-refractivity contribution in [2.75, 3.05) is 7.05 Å². The highest BCUT2D eigenvalue weighted by Crippen LogP contribution is 2.15. The molecule has 0 radical (unpaired) electrons. The SMILES string of the molecule is CN(Cc1ccc(Cl)cc1)C(=O)c1cc(F)ccc1F. The van der Waals surface area contributed by atoms with Crippen LogP contribution < -0.4 is 0 Å². The summed E-state index contributed by atoms with van der Waals surface area (Å²) in [4.78, 5) is 13.4. The second-order valence-corrected chi connectivity index (χ2v) is 4.85. The summed E-state index contributed by atoms with van der Waals surface area (Å²) < 4.78 is 26.6. The maximum atomic E-state index is 13.5. The topological polar surface area (TPSA) is 20.3 Å². The van der Waals surface area contributed by atoms with Gasteiger partial charge in [0.05, 0.1) is 5.56 Å². The van der Waals surface area contributed by atoms with Gasteiger partial charge < -0.3 is 4.90 Å². The molecule has 20 heavy (non-hydrogen) atoms. The molecule has 0 bridgehead atoms. The zero-order valence-corrected chi connectivity index (χ0v) is 11.5. The number of nitrogens with zero attached hydrogens (tertiary/aromatic N) is 1. The third-order valence-electron chi connectivity index (χ3n) is 2.84. The zero-order chi connectivity index (χ0) is 14.7. The Labute approximate surface area is 120 Å². The van der Waals surface area contributed by atoms with Crippen LogP contribution in [0.25, 0.3) is 0 Å². The Hall–Kier alpha value is -1.94. The lowest BCUT2D eigenvalue weighted by Gasteiger charge is -2.17. The van der Waals surface area contributed by atoms with Crippen molar-refractivity contribution in [1.29, 1.82) is 0 Å². The van der Waals surface area contributed by atoms with Crippen LogP contribution in [0.2, 0.25) is 5.02 Å². The molecular formula is C15H12ClF2NO. The minimum atomic E-state index is -0.737. The molecule has 0 fully saturated rings. The van der Waals surface area contributed by atoms with Gasteiger partial charge in [0.1, 0.15) is 11.6 Å². The van der Waals surface area contributed by atoms with E-state index < -0.39 is 17.5 Å². The molecule has 2 aromatic rings. The summed E-state index contributed by atoms with van der Waals surface area (Å²) >= 11 is 5.77. The first-order valence-corrected chi connectivity index (χ1v) is 6.30. The fourth-order valence-electron chi connectivity index (χ4n) is 1.80. The van der Waals surface area contributed by atoms with Gasteiger partial charge in [-0.05, 0) is 35.9 Å². The molecule has 0 saturated carbocycles. The van der Waals surface area contributed by atoms with Crippen molar-refractivity contribution in [3.05, 3.63) is 70.2 Å². The number of carbonyl (C=O) groups is 1. The van der Waals surface area contributed by atoms with Crippen molar-refractivity contribution in [3.63, 3.8) is 0 Å². The highest BCUT2D eigenvalue weighted by atomic mass is 35.5. The van der Waals surface area contributed by atoms with E-state index in [-0.39, 0.29) is 12.1 Å². The van der Waals surface area contributed by atoms with Gasteiger partial charge in [-0.25, -0.2) is 8.78 Å². The summed E-state index contributed by atoms with van der Waals surface area (Å²) in [5.74, 6) is -1.95. The van der Waals surface area contributed by atoms with Crippen molar-refractivity contribution < 1.29 is 13.6 Å². The molecule has 2 aromatic carbocycles. The van der Waals surface area contributed by atoms with E-state index in [9.17, 15) is 13.6 Å². The van der Waals surface area contributed by atoms with Crippen LogP contribution in [0, 0.1) is 11.6 Å². The lowest BCUT2D eigenvalue weighted by atomic mass is 10.1. The van der Waals surface area contributed by atoms with E-state index in [4.69, 9.17) is 11.6 Å². The third kappa shape index (κ3) is 3.33. The standard InChI is InChI=1S/C15H12ClF2NO/c1-19(9-10-2-4-11(16)5-3-10)15(20)13-8-12(17)6-7-14(13)18/h2-8H,9H2,1H3. The Morgan fingerprint density at radius 1 is 1.15 bits per heavy atom. The average Bonchev–Trinajstić information content (AvgIpc) is 2.43. The van der Waals surface area contributed by atoms with Gasteiger partial charge in [0, 0.05) is 18.6 Å². The molecule has 2 rings (SSSR count). The molecule has 2 nitrogen and oxygen atoms in total. The Kier molecular flexibility index (Phi) is 4.35. The highest BCUT2D eigenvalue weighted by Gasteiger charge is 2.17. The second-order valence-electron chi connectivity index (χ2n) is 4.41. The number of halogens is 3. The van der Waals surface area contributed by atoms with E-state index >= 15 is 0 Å². The summed E-state index contributed by atoms with van der Waals surface area (Å²) in [6, 6.07) is 9.78. The van der Waals surface area contributed by atoms with Crippen LogP contribution in [0.1, 0.15) is 15.9 Å². The molecule has 0 aliphatic rings. The van der Waals surface area contributed by atoms with Crippen LogP contribution in [0.4, 0.5) is 8.78 Å². The van der Waals surface area contributed by atoms with E-state index in [0.29, 0.717) is 5.02 Å². The minimum absolute atomic E-state index is 0.276. The monoisotopic (exact) mass is 295 g/mol. The molecule has 0 saturated heterocycles. The molecule has 1 amide bonds. The van der Waals surface area contributed by atoms with Crippen molar-refractivity contribution in [1.82, 2.24) is 4.90 Å². The molecule has 0 aliphatic carbocycles. The minimum Gasteiger partial charge on any atom is -0.337 e. The number of hydrogen-bond acceptors (Lipinski definition) is 1. The molecule has 0 spiro atoms. The number of carbonyl (C=O) groups excluding carboxylic acids is 1. The Morgan fingerprint density at radius 3 is 2.45 bits per heavy atom. The maximum Gasteiger partial charge on any atom is 0.256 e. The van der Waals surface area contributed by atoms with Crippen LogP contribution in [0.5, 0.6) is 0 Å². The first-order chi connectivity index (χ1) is 9.47. The molecule has 104 valence electrons. The number of benzene rings is 2. The van der Waals surface area contributed by atoms with Crippen molar-refractivity contribution >= 4 is 17.5 Å². The van der Waals surface area contributed by atoms with E-state index in [1.165, 1.54) is 11.9 Å². The van der Waals surface area contributed by atoms with Gasteiger partial charge in [0.15, 0.2) is 0 Å². The summed E-state index contributed by atoms with van der Waals surface area (Å²) in [6.45, 7) is 0.284. The first kappa shape index (κ1) is 14.5. The molecule has 0 N–H and O–H groups in total. The molecule has 0 aromatic heterocycles. The van der Waals surface area contributed by atoms with Gasteiger partial charge in [0.2, 0.25) is 0 Å². The van der Waals surface area contributed by atoms with Crippen molar-refractivity contribution in [2.24, 2.45) is 0 Å². The summed E-state index contributed by atoms with van der Waals surface area (Å²) in [6.07, 6.45) is 0. The van der Waals surface area contributed by atoms with E-state index in [0.717, 1.165) is 23.8 Å². The molecule has 5 heteroatoms. The average molecular weight is 296 g/mol. The molecule has 0 unspecified atom stereocenters. The number of hydrogen-bond donors (Lipinski definition) is 0. The van der Waals surface area contributed by atoms with Crippen molar-refractivity contribution in [2.45, 2.75) is 6.54 Å². The summed E-state index contributed by atoms with van der Waals surface area (Å²) in [5, 5.41) is 0.596. The fourth-order valence-corrected chi connectivity index (χ4v) is 1.93. The van der Waals surface area contributed by atoms with Gasteiger partial charge in [-0.15, -0.1) is 0 Å². The normalized spacial score (nSPS) is 10.4. The first-order valence-electron chi connectivity index (χ1n) is 5.92. The highest BCUT2D eigenvalue weighted by molar-refractivity contribution is 6.30. The maximum absolute atomic E-state index is 13.5. The van der Waals surface area contributed by atoms with Crippen LogP contribution in [-0.4, -0.2) is 17.9 Å². The largest absolute Gasteiger partial charge is 0.337 e. The molecular weight excluding hydrogens is 284 g/mol. The molecule has 0 heterocycles. The second kappa shape index (κ2) is 6.01. The van der Waals surface area contributed by atoms with Gasteiger partial charge >= 0.3 is 0 Å². The van der Waals surface area contributed by atoms with Gasteiger partial charge in [-0.3, -0.25) is 4.79 Å². The predicted molar refractivity (Wildman–Crippen MR) is 73.6 cm³/mol. The quantitative estimate of drug-likeness (QED) is 0.841. The van der Waals surface area contributed by atoms with Crippen LogP contribution in [-0.2, 0) is 6.54 Å². The summed E-state index contributed by atoms with van der Waals surface area (Å²) in [5.41, 5.74) is 0.573. The molecule has 0 aliphatic heterocycles. The predicted octanol–water partition coefficient (Wildman–Crippen LogP) is 3.89. The smallest absolute Gasteiger partial charge is 0.256 e. The van der Waals surface area contributed by atoms with Crippen LogP contribution in [0.15, 0.2) is 42.5 Å². The van der Waals surface area contributed by atoms with Crippen molar-refractivity contribution in [3.8, 4) is 0 Å². The van der Waals surface area contributed by atoms with Gasteiger partial charge in [-0.2, -0.15) is 0 Å². The number of rotatable bonds is 3. The molecule has 0 atom stereocenters. The Bertz CT molecular complexity index is 628. The third-order valence-corrected chi connectivity index (χ3v) is 3.09. The zero-order valence-electron chi connectivity index (χ0n) is 10.7. The lowest BCUT2D eigenvalue weighted by Crippen LogP contribution is -2.27. The van der Waals surface area contributed by atoms with E-state index in [1.54, 1.807) is 24.3 Å².